The van der Waals surface area contributed by atoms with Gasteiger partial charge in [0.15, 0.2) is 0 Å². The van der Waals surface area contributed by atoms with Crippen molar-refractivity contribution in [3.63, 3.8) is 0 Å². The molecule has 3 nitrogen and oxygen atoms in total. The second-order valence-corrected chi connectivity index (χ2v) is 5.26. The van der Waals surface area contributed by atoms with Crippen molar-refractivity contribution in [2.45, 2.75) is 39.2 Å². The molecule has 1 aliphatic carbocycles. The summed E-state index contributed by atoms with van der Waals surface area (Å²) in [7, 11) is 0. The molecule has 1 aliphatic rings. The Kier molecular flexibility index (Phi) is 4.37. The van der Waals surface area contributed by atoms with E-state index in [1.807, 2.05) is 38.1 Å². The molecule has 98 valence electrons. The topological polar surface area (TPSA) is 41.1 Å². The number of anilines is 1. The molecule has 0 aromatic heterocycles. The summed E-state index contributed by atoms with van der Waals surface area (Å²) in [6.45, 7) is 4.89. The predicted octanol–water partition coefficient (Wildman–Crippen LogP) is 2.71. The number of aryl methyl sites for hydroxylation is 1. The fraction of sp³-hybridized carbons (Fsp3) is 0.533. The van der Waals surface area contributed by atoms with E-state index in [0.717, 1.165) is 18.2 Å². The van der Waals surface area contributed by atoms with E-state index in [1.54, 1.807) is 0 Å². The molecule has 1 atom stereocenters. The van der Waals surface area contributed by atoms with Crippen LogP contribution in [0.15, 0.2) is 24.3 Å². The number of benzene rings is 1. The van der Waals surface area contributed by atoms with E-state index in [-0.39, 0.29) is 11.9 Å². The highest BCUT2D eigenvalue weighted by Crippen LogP contribution is 2.31. The first-order chi connectivity index (χ1) is 8.65. The lowest BCUT2D eigenvalue weighted by atomic mass is 10.2. The standard InChI is InChI=1S/C15H22N2O/c1-11-3-7-14(8-4-11)17-15(18)12(2)16-10-9-13-5-6-13/h3-4,7-8,12-13,16H,5-6,9-10H2,1-2H3,(H,17,18). The third-order valence-electron chi connectivity index (χ3n) is 3.41. The van der Waals surface area contributed by atoms with Crippen LogP contribution in [0.25, 0.3) is 0 Å². The third kappa shape index (κ3) is 4.15. The molecule has 0 radical (unpaired) electrons. The number of carbonyl (C=O) groups excluding carboxylic acids is 1. The van der Waals surface area contributed by atoms with Gasteiger partial charge in [0.05, 0.1) is 6.04 Å². The molecule has 0 heterocycles. The van der Waals surface area contributed by atoms with Crippen LogP contribution < -0.4 is 10.6 Å². The maximum Gasteiger partial charge on any atom is 0.241 e. The SMILES string of the molecule is Cc1ccc(NC(=O)C(C)NCCC2CC2)cc1. The Morgan fingerprint density at radius 3 is 2.61 bits per heavy atom. The van der Waals surface area contributed by atoms with Gasteiger partial charge < -0.3 is 10.6 Å². The highest BCUT2D eigenvalue weighted by Gasteiger charge is 2.21. The Labute approximate surface area is 109 Å². The molecule has 3 heteroatoms. The Balaban J connectivity index is 1.73. The lowest BCUT2D eigenvalue weighted by Gasteiger charge is -2.14. The van der Waals surface area contributed by atoms with Crippen LogP contribution >= 0.6 is 0 Å². The minimum Gasteiger partial charge on any atom is -0.325 e. The van der Waals surface area contributed by atoms with E-state index < -0.39 is 0 Å². The smallest absolute Gasteiger partial charge is 0.241 e. The van der Waals surface area contributed by atoms with E-state index in [1.165, 1.54) is 24.8 Å². The van der Waals surface area contributed by atoms with Crippen LogP contribution in [-0.4, -0.2) is 18.5 Å². The van der Waals surface area contributed by atoms with Crippen molar-refractivity contribution in [2.75, 3.05) is 11.9 Å². The van der Waals surface area contributed by atoms with Crippen molar-refractivity contribution in [3.05, 3.63) is 29.8 Å². The Morgan fingerprint density at radius 1 is 1.33 bits per heavy atom. The van der Waals surface area contributed by atoms with E-state index in [4.69, 9.17) is 0 Å². The summed E-state index contributed by atoms with van der Waals surface area (Å²) in [5, 5.41) is 6.19. The van der Waals surface area contributed by atoms with Crippen LogP contribution in [0.4, 0.5) is 5.69 Å². The largest absolute Gasteiger partial charge is 0.325 e. The van der Waals surface area contributed by atoms with Gasteiger partial charge in [0.2, 0.25) is 5.91 Å². The van der Waals surface area contributed by atoms with Crippen molar-refractivity contribution in [3.8, 4) is 0 Å². The first kappa shape index (κ1) is 13.1. The molecule has 0 spiro atoms. The van der Waals surface area contributed by atoms with Crippen LogP contribution in [0, 0.1) is 12.8 Å². The van der Waals surface area contributed by atoms with Gasteiger partial charge in [-0.05, 0) is 44.9 Å². The second-order valence-electron chi connectivity index (χ2n) is 5.26. The monoisotopic (exact) mass is 246 g/mol. The minimum atomic E-state index is -0.134. The average molecular weight is 246 g/mol. The van der Waals surface area contributed by atoms with Crippen LogP contribution in [0.5, 0.6) is 0 Å². The Hall–Kier alpha value is -1.35. The second kappa shape index (κ2) is 6.01. The number of amides is 1. The molecule has 1 amide bonds. The number of hydrogen-bond acceptors (Lipinski definition) is 2. The van der Waals surface area contributed by atoms with Gasteiger partial charge in [-0.3, -0.25) is 4.79 Å². The molecule has 0 bridgehead atoms. The lowest BCUT2D eigenvalue weighted by Crippen LogP contribution is -2.38. The molecular formula is C15H22N2O. The molecule has 1 saturated carbocycles. The molecule has 1 fully saturated rings. The van der Waals surface area contributed by atoms with E-state index >= 15 is 0 Å². The van der Waals surface area contributed by atoms with E-state index in [2.05, 4.69) is 10.6 Å². The lowest BCUT2D eigenvalue weighted by molar-refractivity contribution is -0.117. The Bertz CT molecular complexity index is 395. The first-order valence-corrected chi connectivity index (χ1v) is 6.76. The van der Waals surface area contributed by atoms with Gasteiger partial charge >= 0.3 is 0 Å². The quantitative estimate of drug-likeness (QED) is 0.810. The zero-order valence-electron chi connectivity index (χ0n) is 11.2. The molecule has 0 saturated heterocycles. The van der Waals surface area contributed by atoms with Crippen molar-refractivity contribution >= 4 is 11.6 Å². The summed E-state index contributed by atoms with van der Waals surface area (Å²) in [6.07, 6.45) is 3.93. The molecular weight excluding hydrogens is 224 g/mol. The van der Waals surface area contributed by atoms with Crippen LogP contribution in [-0.2, 0) is 4.79 Å². The average Bonchev–Trinajstić information content (AvgIpc) is 3.16. The van der Waals surface area contributed by atoms with E-state index in [0.29, 0.717) is 0 Å². The predicted molar refractivity (Wildman–Crippen MR) is 74.6 cm³/mol. The highest BCUT2D eigenvalue weighted by atomic mass is 16.2. The maximum atomic E-state index is 11.9. The molecule has 18 heavy (non-hydrogen) atoms. The number of carbonyl (C=O) groups is 1. The van der Waals surface area contributed by atoms with Gasteiger partial charge in [0.1, 0.15) is 0 Å². The number of nitrogens with one attached hydrogen (secondary N) is 2. The fourth-order valence-corrected chi connectivity index (χ4v) is 1.89. The highest BCUT2D eigenvalue weighted by molar-refractivity contribution is 5.94. The van der Waals surface area contributed by atoms with Gasteiger partial charge in [0.25, 0.3) is 0 Å². The zero-order chi connectivity index (χ0) is 13.0. The summed E-state index contributed by atoms with van der Waals surface area (Å²) in [4.78, 5) is 11.9. The number of hydrogen-bond donors (Lipinski definition) is 2. The molecule has 1 aromatic rings. The maximum absolute atomic E-state index is 11.9. The summed E-state index contributed by atoms with van der Waals surface area (Å²) in [5.41, 5.74) is 2.06. The molecule has 1 aromatic carbocycles. The normalized spacial score (nSPS) is 16.3. The van der Waals surface area contributed by atoms with E-state index in [9.17, 15) is 4.79 Å². The van der Waals surface area contributed by atoms with Crippen LogP contribution in [0.2, 0.25) is 0 Å². The van der Waals surface area contributed by atoms with Crippen molar-refractivity contribution in [1.29, 1.82) is 0 Å². The van der Waals surface area contributed by atoms with Crippen molar-refractivity contribution in [2.24, 2.45) is 5.92 Å². The minimum absolute atomic E-state index is 0.0367. The van der Waals surface area contributed by atoms with Crippen LogP contribution in [0.1, 0.15) is 31.7 Å². The van der Waals surface area contributed by atoms with Gasteiger partial charge in [-0.25, -0.2) is 0 Å². The summed E-state index contributed by atoms with van der Waals surface area (Å²) >= 11 is 0. The Morgan fingerprint density at radius 2 is 2.00 bits per heavy atom. The van der Waals surface area contributed by atoms with Crippen LogP contribution in [0.3, 0.4) is 0 Å². The third-order valence-corrected chi connectivity index (χ3v) is 3.41. The molecule has 0 aliphatic heterocycles. The van der Waals surface area contributed by atoms with Crippen molar-refractivity contribution < 1.29 is 4.79 Å². The summed E-state index contributed by atoms with van der Waals surface area (Å²) < 4.78 is 0. The van der Waals surface area contributed by atoms with Gasteiger partial charge in [-0.1, -0.05) is 30.5 Å². The fourth-order valence-electron chi connectivity index (χ4n) is 1.89. The van der Waals surface area contributed by atoms with Gasteiger partial charge in [0, 0.05) is 5.69 Å². The van der Waals surface area contributed by atoms with Crippen molar-refractivity contribution in [1.82, 2.24) is 5.32 Å². The first-order valence-electron chi connectivity index (χ1n) is 6.76. The zero-order valence-corrected chi connectivity index (χ0v) is 11.2. The van der Waals surface area contributed by atoms with Gasteiger partial charge in [-0.2, -0.15) is 0 Å². The summed E-state index contributed by atoms with van der Waals surface area (Å²) in [6, 6.07) is 7.74. The summed E-state index contributed by atoms with van der Waals surface area (Å²) in [5.74, 6) is 0.944. The molecule has 2 N–H and O–H groups in total. The molecule has 2 rings (SSSR count). The van der Waals surface area contributed by atoms with Gasteiger partial charge in [-0.15, -0.1) is 0 Å². The molecule has 1 unspecified atom stereocenters. The number of rotatable bonds is 6.